The fraction of sp³-hybridized carbons (Fsp3) is 0.500. The summed E-state index contributed by atoms with van der Waals surface area (Å²) in [6, 6.07) is 0. The maximum atomic E-state index is 12.8. The zero-order chi connectivity index (χ0) is 19.2. The average molecular weight is 399 g/mol. The largest absolute Gasteiger partial charge is 0.466 e. The summed E-state index contributed by atoms with van der Waals surface area (Å²) in [6.45, 7) is 7.94. The van der Waals surface area contributed by atoms with Crippen LogP contribution in [-0.2, 0) is 10.0 Å². The molecule has 0 unspecified atom stereocenters. The van der Waals surface area contributed by atoms with E-state index in [1.54, 1.807) is 18.7 Å². The van der Waals surface area contributed by atoms with Gasteiger partial charge >= 0.3 is 4.87 Å². The third kappa shape index (κ3) is 3.12. The Labute approximate surface area is 155 Å². The monoisotopic (exact) mass is 399 g/mol. The summed E-state index contributed by atoms with van der Waals surface area (Å²) in [7, 11) is -3.73. The molecule has 2 aromatic rings. The van der Waals surface area contributed by atoms with Gasteiger partial charge in [0.15, 0.2) is 4.21 Å². The quantitative estimate of drug-likeness (QED) is 0.840. The highest BCUT2D eigenvalue weighted by Crippen LogP contribution is 2.25. The van der Waals surface area contributed by atoms with Crippen molar-refractivity contribution in [1.82, 2.24) is 14.2 Å². The van der Waals surface area contributed by atoms with Crippen molar-refractivity contribution in [2.45, 2.75) is 31.9 Å². The van der Waals surface area contributed by atoms with Crippen molar-refractivity contribution in [3.63, 3.8) is 0 Å². The number of hydrogen-bond acceptors (Lipinski definition) is 6. The number of sulfonamides is 1. The van der Waals surface area contributed by atoms with Gasteiger partial charge in [-0.25, -0.2) is 8.42 Å². The SMILES string of the molecule is Cc1[nH]c(=O)sc1S(=O)(=O)N1CCN(C(=O)c2c(C)oc(C)c2C)CC1. The van der Waals surface area contributed by atoms with Crippen LogP contribution < -0.4 is 4.87 Å². The smallest absolute Gasteiger partial charge is 0.305 e. The molecule has 8 nitrogen and oxygen atoms in total. The highest BCUT2D eigenvalue weighted by Gasteiger charge is 2.34. The van der Waals surface area contributed by atoms with Crippen molar-refractivity contribution in [3.8, 4) is 0 Å². The van der Waals surface area contributed by atoms with Crippen molar-refractivity contribution < 1.29 is 17.6 Å². The normalized spacial score (nSPS) is 16.2. The van der Waals surface area contributed by atoms with Gasteiger partial charge in [-0.05, 0) is 27.7 Å². The standard InChI is InChI=1S/C16H21N3O5S2/c1-9-11(3)24-12(4)13(9)14(20)18-5-7-19(8-6-18)26(22,23)15-10(2)17-16(21)25-15/h5-8H2,1-4H3,(H,17,21). The van der Waals surface area contributed by atoms with E-state index in [4.69, 9.17) is 4.42 Å². The number of carbonyl (C=O) groups excluding carboxylic acids is 1. The number of piperazine rings is 1. The first kappa shape index (κ1) is 18.9. The molecule has 0 spiro atoms. The van der Waals surface area contributed by atoms with Crippen LogP contribution in [0, 0.1) is 27.7 Å². The van der Waals surface area contributed by atoms with Crippen molar-refractivity contribution in [2.75, 3.05) is 26.2 Å². The second-order valence-electron chi connectivity index (χ2n) is 6.34. The minimum absolute atomic E-state index is 0.0411. The van der Waals surface area contributed by atoms with Gasteiger partial charge in [-0.15, -0.1) is 0 Å². The minimum atomic E-state index is -3.73. The van der Waals surface area contributed by atoms with Gasteiger partial charge in [-0.1, -0.05) is 11.3 Å². The average Bonchev–Trinajstić information content (AvgIpc) is 3.05. The maximum absolute atomic E-state index is 12.8. The molecule has 0 saturated carbocycles. The third-order valence-electron chi connectivity index (χ3n) is 4.66. The molecule has 2 aromatic heterocycles. The van der Waals surface area contributed by atoms with Crippen molar-refractivity contribution in [2.24, 2.45) is 0 Å². The van der Waals surface area contributed by atoms with Gasteiger partial charge in [0.1, 0.15) is 11.5 Å². The molecule has 0 atom stereocenters. The van der Waals surface area contributed by atoms with E-state index in [0.29, 0.717) is 47.2 Å². The van der Waals surface area contributed by atoms with Crippen LogP contribution in [0.2, 0.25) is 0 Å². The van der Waals surface area contributed by atoms with Crippen LogP contribution in [0.25, 0.3) is 0 Å². The third-order valence-corrected chi connectivity index (χ3v) is 8.14. The number of amides is 1. The van der Waals surface area contributed by atoms with Crippen LogP contribution in [0.1, 0.15) is 33.1 Å². The van der Waals surface area contributed by atoms with E-state index in [-0.39, 0.29) is 23.2 Å². The zero-order valence-corrected chi connectivity index (χ0v) is 16.7. The van der Waals surface area contributed by atoms with E-state index < -0.39 is 14.9 Å². The molecule has 0 bridgehead atoms. The molecular formula is C16H21N3O5S2. The lowest BCUT2D eigenvalue weighted by atomic mass is 10.1. The fourth-order valence-electron chi connectivity index (χ4n) is 3.15. The first-order chi connectivity index (χ1) is 12.1. The number of furan rings is 1. The summed E-state index contributed by atoms with van der Waals surface area (Å²) in [5, 5.41) is 0. The molecule has 142 valence electrons. The lowest BCUT2D eigenvalue weighted by Gasteiger charge is -2.33. The summed E-state index contributed by atoms with van der Waals surface area (Å²) < 4.78 is 32.4. The first-order valence-electron chi connectivity index (χ1n) is 8.18. The van der Waals surface area contributed by atoms with Crippen molar-refractivity contribution in [1.29, 1.82) is 0 Å². The van der Waals surface area contributed by atoms with Gasteiger partial charge in [0.2, 0.25) is 0 Å². The second kappa shape index (κ2) is 6.67. The second-order valence-corrected chi connectivity index (χ2v) is 9.45. The molecule has 1 fully saturated rings. The Kier molecular flexibility index (Phi) is 4.84. The lowest BCUT2D eigenvalue weighted by Crippen LogP contribution is -2.50. The van der Waals surface area contributed by atoms with Crippen molar-refractivity contribution in [3.05, 3.63) is 38.0 Å². The molecule has 3 heterocycles. The first-order valence-corrected chi connectivity index (χ1v) is 10.4. The predicted molar refractivity (Wildman–Crippen MR) is 97.3 cm³/mol. The Bertz CT molecular complexity index is 1010. The molecule has 1 aliphatic rings. The van der Waals surface area contributed by atoms with Gasteiger partial charge in [0.25, 0.3) is 15.9 Å². The van der Waals surface area contributed by atoms with Crippen LogP contribution in [-0.4, -0.2) is 54.7 Å². The lowest BCUT2D eigenvalue weighted by molar-refractivity contribution is 0.0695. The number of hydrogen-bond donors (Lipinski definition) is 1. The van der Waals surface area contributed by atoms with E-state index in [0.717, 1.165) is 5.56 Å². The Morgan fingerprint density at radius 3 is 2.15 bits per heavy atom. The van der Waals surface area contributed by atoms with Gasteiger partial charge in [-0.2, -0.15) is 4.31 Å². The Morgan fingerprint density at radius 2 is 1.69 bits per heavy atom. The molecule has 3 rings (SSSR count). The Balaban J connectivity index is 1.76. The number of nitrogens with zero attached hydrogens (tertiary/aromatic N) is 2. The predicted octanol–water partition coefficient (Wildman–Crippen LogP) is 1.41. The summed E-state index contributed by atoms with van der Waals surface area (Å²) >= 11 is 0.692. The molecule has 26 heavy (non-hydrogen) atoms. The summed E-state index contributed by atoms with van der Waals surface area (Å²) in [5.74, 6) is 1.15. The topological polar surface area (TPSA) is 104 Å². The van der Waals surface area contributed by atoms with Gasteiger partial charge in [0, 0.05) is 37.4 Å². The summed E-state index contributed by atoms with van der Waals surface area (Å²) in [6.07, 6.45) is 0. The summed E-state index contributed by atoms with van der Waals surface area (Å²) in [4.78, 5) is 28.0. The number of thiazole rings is 1. The number of carbonyl (C=O) groups is 1. The number of aromatic amines is 1. The Hall–Kier alpha value is -1.91. The number of rotatable bonds is 3. The van der Waals surface area contributed by atoms with Crippen LogP contribution >= 0.6 is 11.3 Å². The van der Waals surface area contributed by atoms with E-state index in [2.05, 4.69) is 4.98 Å². The number of nitrogens with one attached hydrogen (secondary N) is 1. The summed E-state index contributed by atoms with van der Waals surface area (Å²) in [5.41, 5.74) is 1.72. The molecule has 0 radical (unpaired) electrons. The number of aromatic nitrogens is 1. The number of aryl methyl sites for hydroxylation is 3. The minimum Gasteiger partial charge on any atom is -0.466 e. The van der Waals surface area contributed by atoms with Crippen LogP contribution in [0.15, 0.2) is 13.4 Å². The van der Waals surface area contributed by atoms with Gasteiger partial charge in [-0.3, -0.25) is 9.59 Å². The molecule has 10 heteroatoms. The molecule has 0 aromatic carbocycles. The molecule has 1 aliphatic heterocycles. The van der Waals surface area contributed by atoms with E-state index >= 15 is 0 Å². The van der Waals surface area contributed by atoms with Crippen LogP contribution in [0.5, 0.6) is 0 Å². The Morgan fingerprint density at radius 1 is 1.08 bits per heavy atom. The van der Waals surface area contributed by atoms with E-state index in [1.807, 2.05) is 13.8 Å². The van der Waals surface area contributed by atoms with E-state index in [1.165, 1.54) is 4.31 Å². The number of H-pyrrole nitrogens is 1. The molecule has 1 N–H and O–H groups in total. The van der Waals surface area contributed by atoms with Crippen LogP contribution in [0.3, 0.4) is 0 Å². The van der Waals surface area contributed by atoms with Gasteiger partial charge in [0.05, 0.1) is 5.56 Å². The molecule has 0 aliphatic carbocycles. The maximum Gasteiger partial charge on any atom is 0.305 e. The molecular weight excluding hydrogens is 378 g/mol. The zero-order valence-electron chi connectivity index (χ0n) is 15.1. The molecule has 1 saturated heterocycles. The highest BCUT2D eigenvalue weighted by atomic mass is 32.2. The van der Waals surface area contributed by atoms with E-state index in [9.17, 15) is 18.0 Å². The molecule has 1 amide bonds. The fourth-order valence-corrected chi connectivity index (χ4v) is 6.01. The highest BCUT2D eigenvalue weighted by molar-refractivity contribution is 7.91. The van der Waals surface area contributed by atoms with Crippen LogP contribution in [0.4, 0.5) is 0 Å². The van der Waals surface area contributed by atoms with Gasteiger partial charge < -0.3 is 14.3 Å². The van der Waals surface area contributed by atoms with Crippen molar-refractivity contribution >= 4 is 27.3 Å².